The highest BCUT2D eigenvalue weighted by Crippen LogP contribution is 2.41. The molecule has 0 saturated heterocycles. The number of hydrogen-bond acceptors (Lipinski definition) is 2. The molecule has 0 aliphatic carbocycles. The normalized spacial score (nSPS) is 12.1. The van der Waals surface area contributed by atoms with Crippen LogP contribution in [-0.4, -0.2) is 14.1 Å². The molecule has 3 heterocycles. The third-order valence-electron chi connectivity index (χ3n) is 7.94. The van der Waals surface area contributed by atoms with Crippen molar-refractivity contribution in [2.45, 2.75) is 0 Å². The van der Waals surface area contributed by atoms with Gasteiger partial charge in [-0.1, -0.05) is 78.9 Å². The molecule has 0 radical (unpaired) electrons. The summed E-state index contributed by atoms with van der Waals surface area (Å²) in [6, 6.07) is 45.5. The van der Waals surface area contributed by atoms with E-state index in [4.69, 9.17) is 9.40 Å². The second-order valence-electron chi connectivity index (χ2n) is 10.1. The average molecular weight is 500 g/mol. The molecule has 182 valence electrons. The standard InChI is InChI=1S/C35H21N3O/c1-2-11-23(12-3-1)37-30-19-18-22-10-4-5-13-24(22)34(30)27-21-31-26(20-32(27)37)25-14-6-8-16-29(25)38(31)35-36-28-15-7-9-17-33(28)39-35/h1-21H. The van der Waals surface area contributed by atoms with Crippen molar-refractivity contribution in [1.29, 1.82) is 0 Å². The minimum absolute atomic E-state index is 0.582. The molecule has 9 rings (SSSR count). The maximum Gasteiger partial charge on any atom is 0.307 e. The van der Waals surface area contributed by atoms with Gasteiger partial charge in [0.25, 0.3) is 0 Å². The number of hydrogen-bond donors (Lipinski definition) is 0. The predicted molar refractivity (Wildman–Crippen MR) is 160 cm³/mol. The zero-order chi connectivity index (χ0) is 25.5. The maximum atomic E-state index is 6.32. The van der Waals surface area contributed by atoms with Gasteiger partial charge in [0.1, 0.15) is 5.52 Å². The highest BCUT2D eigenvalue weighted by atomic mass is 16.4. The van der Waals surface area contributed by atoms with Crippen LogP contribution in [0, 0.1) is 0 Å². The number of para-hydroxylation sites is 4. The molecular formula is C35H21N3O. The van der Waals surface area contributed by atoms with E-state index in [0.29, 0.717) is 6.01 Å². The van der Waals surface area contributed by atoms with Crippen LogP contribution >= 0.6 is 0 Å². The Bertz CT molecular complexity index is 2360. The van der Waals surface area contributed by atoms with Crippen LogP contribution in [0.3, 0.4) is 0 Å². The van der Waals surface area contributed by atoms with E-state index in [-0.39, 0.29) is 0 Å². The first-order chi connectivity index (χ1) is 19.3. The average Bonchev–Trinajstić information content (AvgIpc) is 3.66. The van der Waals surface area contributed by atoms with E-state index < -0.39 is 0 Å². The summed E-state index contributed by atoms with van der Waals surface area (Å²) in [5.41, 5.74) is 7.32. The second kappa shape index (κ2) is 7.59. The van der Waals surface area contributed by atoms with Gasteiger partial charge in [0.15, 0.2) is 5.58 Å². The maximum absolute atomic E-state index is 6.32. The Balaban J connectivity index is 1.51. The Hall–Kier alpha value is -5.35. The molecule has 0 N–H and O–H groups in total. The van der Waals surface area contributed by atoms with E-state index in [1.165, 1.54) is 43.4 Å². The van der Waals surface area contributed by atoms with Gasteiger partial charge in [-0.2, -0.15) is 4.98 Å². The Morgan fingerprint density at radius 1 is 0.487 bits per heavy atom. The van der Waals surface area contributed by atoms with Crippen molar-refractivity contribution in [2.24, 2.45) is 0 Å². The largest absolute Gasteiger partial charge is 0.423 e. The van der Waals surface area contributed by atoms with E-state index in [0.717, 1.165) is 27.8 Å². The molecule has 39 heavy (non-hydrogen) atoms. The summed E-state index contributed by atoms with van der Waals surface area (Å²) in [6.45, 7) is 0. The van der Waals surface area contributed by atoms with Crippen LogP contribution in [0.25, 0.3) is 77.2 Å². The van der Waals surface area contributed by atoms with Crippen LogP contribution in [0.5, 0.6) is 0 Å². The highest BCUT2D eigenvalue weighted by Gasteiger charge is 2.21. The van der Waals surface area contributed by atoms with Crippen molar-refractivity contribution >= 4 is 65.5 Å². The summed E-state index contributed by atoms with van der Waals surface area (Å²) in [4.78, 5) is 4.89. The molecule has 0 amide bonds. The molecule has 9 aromatic rings. The summed E-state index contributed by atoms with van der Waals surface area (Å²) in [6.07, 6.45) is 0. The van der Waals surface area contributed by atoms with Crippen LogP contribution in [0.2, 0.25) is 0 Å². The van der Waals surface area contributed by atoms with Gasteiger partial charge in [-0.05, 0) is 59.3 Å². The quantitative estimate of drug-likeness (QED) is 0.238. The van der Waals surface area contributed by atoms with Gasteiger partial charge in [0, 0.05) is 27.2 Å². The molecule has 4 heteroatoms. The molecule has 6 aromatic carbocycles. The Morgan fingerprint density at radius 2 is 1.21 bits per heavy atom. The van der Waals surface area contributed by atoms with E-state index in [9.17, 15) is 0 Å². The Kier molecular flexibility index (Phi) is 4.02. The first-order valence-corrected chi connectivity index (χ1v) is 13.2. The minimum atomic E-state index is 0.582. The summed E-state index contributed by atoms with van der Waals surface area (Å²) in [5, 5.41) is 7.29. The summed E-state index contributed by atoms with van der Waals surface area (Å²) < 4.78 is 10.9. The van der Waals surface area contributed by atoms with E-state index in [1.54, 1.807) is 0 Å². The lowest BCUT2D eigenvalue weighted by Crippen LogP contribution is -1.94. The Morgan fingerprint density at radius 3 is 2.10 bits per heavy atom. The number of benzene rings is 6. The lowest BCUT2D eigenvalue weighted by Gasteiger charge is -2.08. The van der Waals surface area contributed by atoms with Crippen molar-refractivity contribution in [3.05, 3.63) is 127 Å². The van der Waals surface area contributed by atoms with E-state index in [2.05, 4.69) is 112 Å². The minimum Gasteiger partial charge on any atom is -0.423 e. The molecule has 4 nitrogen and oxygen atoms in total. The second-order valence-corrected chi connectivity index (χ2v) is 10.1. The van der Waals surface area contributed by atoms with Gasteiger partial charge < -0.3 is 8.98 Å². The smallest absolute Gasteiger partial charge is 0.307 e. The van der Waals surface area contributed by atoms with Crippen molar-refractivity contribution in [2.75, 3.05) is 0 Å². The third-order valence-corrected chi connectivity index (χ3v) is 7.94. The number of rotatable bonds is 2. The molecule has 0 spiro atoms. The molecule has 0 fully saturated rings. The number of oxazole rings is 1. The predicted octanol–water partition coefficient (Wildman–Crippen LogP) is 9.18. The number of fused-ring (bicyclic) bond motifs is 9. The fourth-order valence-corrected chi connectivity index (χ4v) is 6.27. The van der Waals surface area contributed by atoms with Gasteiger partial charge in [0.2, 0.25) is 0 Å². The zero-order valence-electron chi connectivity index (χ0n) is 20.9. The fourth-order valence-electron chi connectivity index (χ4n) is 6.27. The topological polar surface area (TPSA) is 35.9 Å². The van der Waals surface area contributed by atoms with Crippen LogP contribution < -0.4 is 0 Å². The third kappa shape index (κ3) is 2.80. The first kappa shape index (κ1) is 20.7. The monoisotopic (exact) mass is 499 g/mol. The molecule has 3 aromatic heterocycles. The van der Waals surface area contributed by atoms with Gasteiger partial charge in [0.05, 0.1) is 22.1 Å². The number of nitrogens with zero attached hydrogens (tertiary/aromatic N) is 3. The van der Waals surface area contributed by atoms with Gasteiger partial charge in [-0.3, -0.25) is 4.57 Å². The van der Waals surface area contributed by atoms with Crippen molar-refractivity contribution in [3.8, 4) is 11.7 Å². The molecular weight excluding hydrogens is 478 g/mol. The molecule has 0 atom stereocenters. The van der Waals surface area contributed by atoms with Crippen LogP contribution in [0.1, 0.15) is 0 Å². The summed E-state index contributed by atoms with van der Waals surface area (Å²) in [7, 11) is 0. The van der Waals surface area contributed by atoms with Crippen molar-refractivity contribution in [3.63, 3.8) is 0 Å². The molecule has 0 unspecified atom stereocenters. The van der Waals surface area contributed by atoms with E-state index >= 15 is 0 Å². The van der Waals surface area contributed by atoms with Gasteiger partial charge >= 0.3 is 6.01 Å². The van der Waals surface area contributed by atoms with Crippen LogP contribution in [0.15, 0.2) is 132 Å². The molecule has 0 aliphatic rings. The van der Waals surface area contributed by atoms with Crippen molar-refractivity contribution in [1.82, 2.24) is 14.1 Å². The highest BCUT2D eigenvalue weighted by molar-refractivity contribution is 6.25. The molecule has 0 aliphatic heterocycles. The number of aromatic nitrogens is 3. The lowest BCUT2D eigenvalue weighted by molar-refractivity contribution is 0.574. The van der Waals surface area contributed by atoms with E-state index in [1.807, 2.05) is 24.3 Å². The summed E-state index contributed by atoms with van der Waals surface area (Å²) in [5.74, 6) is 0. The van der Waals surface area contributed by atoms with Gasteiger partial charge in [-0.15, -0.1) is 0 Å². The summed E-state index contributed by atoms with van der Waals surface area (Å²) >= 11 is 0. The van der Waals surface area contributed by atoms with Crippen molar-refractivity contribution < 1.29 is 4.42 Å². The Labute approximate surface area is 222 Å². The SMILES string of the molecule is c1ccc(-n2c3cc4c5ccccc5n(-c5nc6ccccc6o5)c4cc3c3c4ccccc4ccc32)cc1. The van der Waals surface area contributed by atoms with Crippen LogP contribution in [-0.2, 0) is 0 Å². The lowest BCUT2D eigenvalue weighted by atomic mass is 10.0. The van der Waals surface area contributed by atoms with Gasteiger partial charge in [-0.25, -0.2) is 0 Å². The molecule has 0 saturated carbocycles. The molecule has 0 bridgehead atoms. The fraction of sp³-hybridized carbons (Fsp3) is 0. The van der Waals surface area contributed by atoms with Crippen LogP contribution in [0.4, 0.5) is 0 Å². The zero-order valence-corrected chi connectivity index (χ0v) is 20.9. The first-order valence-electron chi connectivity index (χ1n) is 13.2.